The minimum atomic E-state index is -0.869. The third kappa shape index (κ3) is 3.63. The van der Waals surface area contributed by atoms with Gasteiger partial charge in [-0.05, 0) is 20.3 Å². The summed E-state index contributed by atoms with van der Waals surface area (Å²) in [4.78, 5) is 11.7. The average Bonchev–Trinajstić information content (AvgIpc) is 2.67. The van der Waals surface area contributed by atoms with Crippen molar-refractivity contribution >= 4 is 16.8 Å². The molecule has 0 radical (unpaired) electrons. The van der Waals surface area contributed by atoms with Crippen molar-refractivity contribution < 1.29 is 13.7 Å². The summed E-state index contributed by atoms with van der Waals surface area (Å²) in [6.45, 7) is 6.31. The number of carbonyl (C=O) groups is 1. The van der Waals surface area contributed by atoms with Crippen LogP contribution < -0.4 is 0 Å². The van der Waals surface area contributed by atoms with E-state index in [1.54, 1.807) is 24.7 Å². The second kappa shape index (κ2) is 6.63. The smallest absolute Gasteiger partial charge is 0.376 e. The molecular weight excluding hydrogens is 254 g/mol. The van der Waals surface area contributed by atoms with E-state index in [4.69, 9.17) is 4.74 Å². The summed E-state index contributed by atoms with van der Waals surface area (Å²) in [5.74, 6) is 0.402. The molecule has 0 amide bonds. The third-order valence-corrected chi connectivity index (χ3v) is 4.09. The van der Waals surface area contributed by atoms with E-state index < -0.39 is 16.8 Å². The third-order valence-electron chi connectivity index (χ3n) is 2.72. The summed E-state index contributed by atoms with van der Waals surface area (Å²) >= 11 is 0. The Labute approximate surface area is 109 Å². The zero-order valence-corrected chi connectivity index (χ0v) is 12.0. The van der Waals surface area contributed by atoms with E-state index in [2.05, 4.69) is 10.2 Å². The van der Waals surface area contributed by atoms with Crippen LogP contribution in [0.3, 0.4) is 0 Å². The molecule has 1 aromatic rings. The summed E-state index contributed by atoms with van der Waals surface area (Å²) in [6, 6.07) is 0. The first-order valence-electron chi connectivity index (χ1n) is 5.86. The van der Waals surface area contributed by atoms with Crippen molar-refractivity contribution in [1.29, 1.82) is 0 Å². The maximum Gasteiger partial charge on any atom is 0.376 e. The molecule has 0 fully saturated rings. The van der Waals surface area contributed by atoms with E-state index in [1.165, 1.54) is 0 Å². The van der Waals surface area contributed by atoms with Crippen molar-refractivity contribution in [2.75, 3.05) is 12.9 Å². The molecule has 0 aliphatic carbocycles. The van der Waals surface area contributed by atoms with Crippen LogP contribution in [-0.4, -0.2) is 43.1 Å². The fraction of sp³-hybridized carbons (Fsp3) is 0.727. The lowest BCUT2D eigenvalue weighted by atomic mass is 10.3. The molecule has 7 heteroatoms. The van der Waals surface area contributed by atoms with Gasteiger partial charge in [0.05, 0.1) is 6.61 Å². The minimum absolute atomic E-state index is 0.0712. The predicted molar refractivity (Wildman–Crippen MR) is 68.9 cm³/mol. The van der Waals surface area contributed by atoms with Crippen molar-refractivity contribution in [2.45, 2.75) is 39.0 Å². The highest BCUT2D eigenvalue weighted by molar-refractivity contribution is 7.84. The van der Waals surface area contributed by atoms with E-state index in [1.807, 2.05) is 6.92 Å². The molecule has 1 rings (SSSR count). The summed E-state index contributed by atoms with van der Waals surface area (Å²) in [6.07, 6.45) is 2.38. The molecule has 0 bridgehead atoms. The van der Waals surface area contributed by atoms with Gasteiger partial charge in [0.25, 0.3) is 0 Å². The number of rotatable bonds is 6. The number of aromatic nitrogens is 3. The van der Waals surface area contributed by atoms with E-state index in [0.717, 1.165) is 0 Å². The molecule has 0 aliphatic rings. The van der Waals surface area contributed by atoms with Crippen LogP contribution in [0.1, 0.15) is 36.7 Å². The summed E-state index contributed by atoms with van der Waals surface area (Å²) in [7, 11) is -0.869. The lowest BCUT2D eigenvalue weighted by Crippen LogP contribution is -2.18. The molecular formula is C11H19N3O3S. The molecule has 0 aromatic carbocycles. The van der Waals surface area contributed by atoms with Crippen molar-refractivity contribution in [3.05, 3.63) is 11.6 Å². The van der Waals surface area contributed by atoms with Gasteiger partial charge in [0.2, 0.25) is 5.82 Å². The Kier molecular flexibility index (Phi) is 5.46. The Morgan fingerprint density at radius 1 is 1.50 bits per heavy atom. The normalized spacial score (nSPS) is 14.2. The zero-order valence-electron chi connectivity index (χ0n) is 11.2. The molecule has 1 heterocycles. The topological polar surface area (TPSA) is 74.1 Å². The Morgan fingerprint density at radius 2 is 2.17 bits per heavy atom. The number of carbonyl (C=O) groups excluding carboxylic acids is 1. The Bertz CT molecular complexity index is 445. The Hall–Kier alpha value is -1.24. The number of nitrogens with zero attached hydrogens (tertiary/aromatic N) is 3. The van der Waals surface area contributed by atoms with Crippen LogP contribution >= 0.6 is 0 Å². The largest absolute Gasteiger partial charge is 0.460 e. The van der Waals surface area contributed by atoms with E-state index in [0.29, 0.717) is 25.4 Å². The summed E-state index contributed by atoms with van der Waals surface area (Å²) in [5, 5.41) is 7.77. The van der Waals surface area contributed by atoms with Gasteiger partial charge in [-0.15, -0.1) is 10.2 Å². The fourth-order valence-corrected chi connectivity index (χ4v) is 1.91. The van der Waals surface area contributed by atoms with Gasteiger partial charge in [0.15, 0.2) is 0 Å². The molecule has 18 heavy (non-hydrogen) atoms. The molecule has 0 saturated carbocycles. The van der Waals surface area contributed by atoms with Gasteiger partial charge in [-0.2, -0.15) is 0 Å². The van der Waals surface area contributed by atoms with Gasteiger partial charge in [-0.3, -0.25) is 4.21 Å². The van der Waals surface area contributed by atoms with Gasteiger partial charge < -0.3 is 9.30 Å². The van der Waals surface area contributed by atoms with Gasteiger partial charge in [0.1, 0.15) is 5.82 Å². The van der Waals surface area contributed by atoms with Crippen molar-refractivity contribution in [3.8, 4) is 0 Å². The maximum absolute atomic E-state index is 11.7. The highest BCUT2D eigenvalue weighted by atomic mass is 32.2. The molecule has 0 N–H and O–H groups in total. The van der Waals surface area contributed by atoms with E-state index in [9.17, 15) is 9.00 Å². The monoisotopic (exact) mass is 273 g/mol. The minimum Gasteiger partial charge on any atom is -0.460 e. The van der Waals surface area contributed by atoms with E-state index in [-0.39, 0.29) is 11.1 Å². The fourth-order valence-electron chi connectivity index (χ4n) is 1.47. The van der Waals surface area contributed by atoms with Crippen LogP contribution in [0.25, 0.3) is 0 Å². The van der Waals surface area contributed by atoms with Crippen LogP contribution in [0.15, 0.2) is 0 Å². The SMILES string of the molecule is CCOC(=O)c1nnc(C)n1CCC(C)S(C)=O. The highest BCUT2D eigenvalue weighted by Crippen LogP contribution is 2.08. The summed E-state index contributed by atoms with van der Waals surface area (Å²) < 4.78 is 17.9. The van der Waals surface area contributed by atoms with Crippen LogP contribution in [0.2, 0.25) is 0 Å². The van der Waals surface area contributed by atoms with Crippen LogP contribution in [0.5, 0.6) is 0 Å². The second-order valence-corrected chi connectivity index (χ2v) is 5.84. The molecule has 6 nitrogen and oxygen atoms in total. The predicted octanol–water partition coefficient (Wildman–Crippen LogP) is 0.920. The van der Waals surface area contributed by atoms with Gasteiger partial charge in [0, 0.05) is 28.9 Å². The molecule has 0 aliphatic heterocycles. The first kappa shape index (κ1) is 14.8. The number of hydrogen-bond acceptors (Lipinski definition) is 5. The maximum atomic E-state index is 11.7. The van der Waals surface area contributed by atoms with Crippen molar-refractivity contribution in [1.82, 2.24) is 14.8 Å². The second-order valence-electron chi connectivity index (χ2n) is 4.04. The number of esters is 1. The van der Waals surface area contributed by atoms with Crippen LogP contribution in [-0.2, 0) is 22.1 Å². The number of hydrogen-bond donors (Lipinski definition) is 0. The molecule has 1 aromatic heterocycles. The van der Waals surface area contributed by atoms with Gasteiger partial charge >= 0.3 is 5.97 Å². The number of ether oxygens (including phenoxy) is 1. The zero-order chi connectivity index (χ0) is 13.7. The molecule has 0 spiro atoms. The van der Waals surface area contributed by atoms with Crippen LogP contribution in [0, 0.1) is 6.92 Å². The highest BCUT2D eigenvalue weighted by Gasteiger charge is 2.18. The quantitative estimate of drug-likeness (QED) is 0.721. The van der Waals surface area contributed by atoms with Crippen molar-refractivity contribution in [2.24, 2.45) is 0 Å². The average molecular weight is 273 g/mol. The lowest BCUT2D eigenvalue weighted by Gasteiger charge is -2.11. The molecule has 2 unspecified atom stereocenters. The van der Waals surface area contributed by atoms with Crippen molar-refractivity contribution in [3.63, 3.8) is 0 Å². The molecule has 2 atom stereocenters. The van der Waals surface area contributed by atoms with Crippen LogP contribution in [0.4, 0.5) is 0 Å². The van der Waals surface area contributed by atoms with Gasteiger partial charge in [-0.1, -0.05) is 6.92 Å². The Morgan fingerprint density at radius 3 is 2.72 bits per heavy atom. The lowest BCUT2D eigenvalue weighted by molar-refractivity contribution is 0.0505. The molecule has 0 saturated heterocycles. The first-order chi connectivity index (χ1) is 8.47. The summed E-state index contributed by atoms with van der Waals surface area (Å²) in [5.41, 5.74) is 0. The Balaban J connectivity index is 2.78. The molecule has 102 valence electrons. The number of aryl methyl sites for hydroxylation is 1. The first-order valence-corrected chi connectivity index (χ1v) is 7.48. The van der Waals surface area contributed by atoms with E-state index >= 15 is 0 Å². The standard InChI is InChI=1S/C11H19N3O3S/c1-5-17-11(15)10-13-12-9(3)14(10)7-6-8(2)18(4)16/h8H,5-7H2,1-4H3. The van der Waals surface area contributed by atoms with Gasteiger partial charge in [-0.25, -0.2) is 4.79 Å².